The van der Waals surface area contributed by atoms with Gasteiger partial charge in [-0.1, -0.05) is 36.4 Å². The molecule has 0 radical (unpaired) electrons. The summed E-state index contributed by atoms with van der Waals surface area (Å²) in [5, 5.41) is 5.64. The summed E-state index contributed by atoms with van der Waals surface area (Å²) in [5.74, 6) is 0. The van der Waals surface area contributed by atoms with Gasteiger partial charge in [-0.3, -0.25) is 4.98 Å². The highest BCUT2D eigenvalue weighted by molar-refractivity contribution is 7.13. The fraction of sp³-hybridized carbons (Fsp3) is 0.0526. The van der Waals surface area contributed by atoms with E-state index in [0.29, 0.717) is 0 Å². The van der Waals surface area contributed by atoms with Crippen LogP contribution >= 0.6 is 11.3 Å². The highest BCUT2D eigenvalue weighted by atomic mass is 32.1. The number of thiazole rings is 1. The van der Waals surface area contributed by atoms with Crippen LogP contribution in [0.3, 0.4) is 0 Å². The molecule has 0 amide bonds. The molecule has 0 aliphatic heterocycles. The average Bonchev–Trinajstić information content (AvgIpc) is 3.04. The molecule has 0 fully saturated rings. The molecule has 2 aromatic heterocycles. The van der Waals surface area contributed by atoms with Crippen LogP contribution in [0.5, 0.6) is 0 Å². The Morgan fingerprint density at radius 2 is 1.82 bits per heavy atom. The summed E-state index contributed by atoms with van der Waals surface area (Å²) in [6, 6.07) is 16.9. The molecular formula is C19H14N2S. The first-order valence-electron chi connectivity index (χ1n) is 7.17. The smallest absolute Gasteiger partial charge is 0.125 e. The van der Waals surface area contributed by atoms with Crippen molar-refractivity contribution in [2.75, 3.05) is 0 Å². The van der Waals surface area contributed by atoms with Gasteiger partial charge in [-0.2, -0.15) is 0 Å². The second kappa shape index (κ2) is 5.35. The van der Waals surface area contributed by atoms with Gasteiger partial charge in [-0.15, -0.1) is 11.3 Å². The first kappa shape index (κ1) is 13.2. The Morgan fingerprint density at radius 3 is 2.68 bits per heavy atom. The van der Waals surface area contributed by atoms with Gasteiger partial charge in [-0.25, -0.2) is 4.98 Å². The summed E-state index contributed by atoms with van der Waals surface area (Å²) in [5.41, 5.74) is 4.49. The second-order valence-corrected chi connectivity index (χ2v) is 6.15. The van der Waals surface area contributed by atoms with Gasteiger partial charge in [0.2, 0.25) is 0 Å². The van der Waals surface area contributed by atoms with Crippen molar-refractivity contribution in [1.82, 2.24) is 9.97 Å². The van der Waals surface area contributed by atoms with E-state index in [9.17, 15) is 0 Å². The third-order valence-electron chi connectivity index (χ3n) is 3.82. The maximum absolute atomic E-state index is 4.80. The number of fused-ring (bicyclic) bond motifs is 1. The van der Waals surface area contributed by atoms with E-state index in [0.717, 1.165) is 21.8 Å². The summed E-state index contributed by atoms with van der Waals surface area (Å²) in [4.78, 5) is 9.01. The van der Waals surface area contributed by atoms with Gasteiger partial charge in [0.25, 0.3) is 0 Å². The van der Waals surface area contributed by atoms with E-state index in [4.69, 9.17) is 4.98 Å². The molecule has 22 heavy (non-hydrogen) atoms. The third kappa shape index (κ3) is 2.30. The lowest BCUT2D eigenvalue weighted by Gasteiger charge is -2.02. The standard InChI is InChI=1S/C19H14N2S/c1-13-8-9-20-11-17(13)19-21-18(12-22-19)16-7-6-14-4-2-3-5-15(14)10-16/h2-12H,1H3. The number of nitrogens with zero attached hydrogens (tertiary/aromatic N) is 2. The molecule has 4 rings (SSSR count). The predicted molar refractivity (Wildman–Crippen MR) is 93.0 cm³/mol. The van der Waals surface area contributed by atoms with Gasteiger partial charge >= 0.3 is 0 Å². The topological polar surface area (TPSA) is 25.8 Å². The SMILES string of the molecule is Cc1ccncc1-c1nc(-c2ccc3ccccc3c2)cs1. The van der Waals surface area contributed by atoms with Gasteiger partial charge in [-0.05, 0) is 35.4 Å². The number of benzene rings is 2. The Kier molecular flexibility index (Phi) is 3.20. The van der Waals surface area contributed by atoms with Crippen molar-refractivity contribution in [2.24, 2.45) is 0 Å². The lowest BCUT2D eigenvalue weighted by atomic mass is 10.1. The molecule has 106 valence electrons. The van der Waals surface area contributed by atoms with E-state index in [1.807, 2.05) is 18.5 Å². The van der Waals surface area contributed by atoms with Crippen molar-refractivity contribution >= 4 is 22.1 Å². The number of hydrogen-bond donors (Lipinski definition) is 0. The monoisotopic (exact) mass is 302 g/mol. The zero-order chi connectivity index (χ0) is 14.9. The van der Waals surface area contributed by atoms with Crippen molar-refractivity contribution < 1.29 is 0 Å². The van der Waals surface area contributed by atoms with Crippen LogP contribution in [0, 0.1) is 6.92 Å². The van der Waals surface area contributed by atoms with Crippen LogP contribution in [0.25, 0.3) is 32.6 Å². The quantitative estimate of drug-likeness (QED) is 0.500. The van der Waals surface area contributed by atoms with Crippen molar-refractivity contribution in [3.05, 3.63) is 71.9 Å². The average molecular weight is 302 g/mol. The third-order valence-corrected chi connectivity index (χ3v) is 4.69. The molecule has 0 unspecified atom stereocenters. The first-order valence-corrected chi connectivity index (χ1v) is 8.05. The normalized spacial score (nSPS) is 11.0. The van der Waals surface area contributed by atoms with Crippen LogP contribution in [-0.4, -0.2) is 9.97 Å². The number of rotatable bonds is 2. The molecular weight excluding hydrogens is 288 g/mol. The van der Waals surface area contributed by atoms with E-state index in [1.54, 1.807) is 11.3 Å². The minimum absolute atomic E-state index is 1.02. The van der Waals surface area contributed by atoms with Gasteiger partial charge in [0.05, 0.1) is 5.69 Å². The van der Waals surface area contributed by atoms with Gasteiger partial charge < -0.3 is 0 Å². The minimum Gasteiger partial charge on any atom is -0.264 e. The van der Waals surface area contributed by atoms with Crippen LogP contribution in [0.4, 0.5) is 0 Å². The Balaban J connectivity index is 1.78. The number of hydrogen-bond acceptors (Lipinski definition) is 3. The lowest BCUT2D eigenvalue weighted by molar-refractivity contribution is 1.27. The van der Waals surface area contributed by atoms with Crippen LogP contribution in [0.1, 0.15) is 5.56 Å². The van der Waals surface area contributed by atoms with E-state index in [-0.39, 0.29) is 0 Å². The molecule has 0 aliphatic carbocycles. The molecule has 0 bridgehead atoms. The van der Waals surface area contributed by atoms with Crippen LogP contribution in [0.15, 0.2) is 66.3 Å². The molecule has 2 aromatic carbocycles. The molecule has 0 aliphatic rings. The molecule has 0 saturated carbocycles. The highest BCUT2D eigenvalue weighted by Crippen LogP contribution is 2.31. The summed E-state index contributed by atoms with van der Waals surface area (Å²) in [6.45, 7) is 2.09. The minimum atomic E-state index is 1.02. The predicted octanol–water partition coefficient (Wildman–Crippen LogP) is 5.33. The van der Waals surface area contributed by atoms with E-state index in [2.05, 4.69) is 59.8 Å². The fourth-order valence-electron chi connectivity index (χ4n) is 2.57. The molecule has 0 atom stereocenters. The molecule has 4 aromatic rings. The Bertz CT molecular complexity index is 956. The summed E-state index contributed by atoms with van der Waals surface area (Å²) in [6.07, 6.45) is 3.70. The van der Waals surface area contributed by atoms with Crippen LogP contribution in [-0.2, 0) is 0 Å². The first-order chi connectivity index (χ1) is 10.8. The summed E-state index contributed by atoms with van der Waals surface area (Å²) < 4.78 is 0. The molecule has 2 nitrogen and oxygen atoms in total. The van der Waals surface area contributed by atoms with Gasteiger partial charge in [0, 0.05) is 28.9 Å². The fourth-order valence-corrected chi connectivity index (χ4v) is 3.47. The van der Waals surface area contributed by atoms with Gasteiger partial charge in [0.15, 0.2) is 0 Å². The molecule has 0 spiro atoms. The maximum Gasteiger partial charge on any atom is 0.125 e. The number of aromatic nitrogens is 2. The zero-order valence-electron chi connectivity index (χ0n) is 12.2. The molecule has 0 N–H and O–H groups in total. The molecule has 0 saturated heterocycles. The summed E-state index contributed by atoms with van der Waals surface area (Å²) in [7, 11) is 0. The Morgan fingerprint density at radius 1 is 0.955 bits per heavy atom. The highest BCUT2D eigenvalue weighted by Gasteiger charge is 2.09. The van der Waals surface area contributed by atoms with Crippen molar-refractivity contribution in [2.45, 2.75) is 6.92 Å². The van der Waals surface area contributed by atoms with Crippen molar-refractivity contribution in [1.29, 1.82) is 0 Å². The maximum atomic E-state index is 4.80. The second-order valence-electron chi connectivity index (χ2n) is 5.29. The largest absolute Gasteiger partial charge is 0.264 e. The van der Waals surface area contributed by atoms with Crippen molar-refractivity contribution in [3.8, 4) is 21.8 Å². The summed E-state index contributed by atoms with van der Waals surface area (Å²) >= 11 is 1.67. The Hall–Kier alpha value is -2.52. The Labute approximate surface area is 133 Å². The number of pyridine rings is 1. The van der Waals surface area contributed by atoms with Gasteiger partial charge in [0.1, 0.15) is 5.01 Å². The van der Waals surface area contributed by atoms with Crippen LogP contribution < -0.4 is 0 Å². The van der Waals surface area contributed by atoms with Crippen LogP contribution in [0.2, 0.25) is 0 Å². The number of aryl methyl sites for hydroxylation is 1. The van der Waals surface area contributed by atoms with E-state index >= 15 is 0 Å². The lowest BCUT2D eigenvalue weighted by Crippen LogP contribution is -1.84. The van der Waals surface area contributed by atoms with E-state index in [1.165, 1.54) is 16.3 Å². The zero-order valence-corrected chi connectivity index (χ0v) is 13.0. The molecule has 2 heterocycles. The van der Waals surface area contributed by atoms with E-state index < -0.39 is 0 Å². The van der Waals surface area contributed by atoms with Crippen molar-refractivity contribution in [3.63, 3.8) is 0 Å². The molecule has 3 heteroatoms.